The highest BCUT2D eigenvalue weighted by atomic mass is 16.6. The predicted octanol–water partition coefficient (Wildman–Crippen LogP) is 1.26. The first kappa shape index (κ1) is 15.3. The van der Waals surface area contributed by atoms with E-state index in [9.17, 15) is 19.7 Å². The van der Waals surface area contributed by atoms with E-state index in [0.717, 1.165) is 0 Å². The second kappa shape index (κ2) is 6.98. The Balaban J connectivity index is 2.69. The molecule has 1 rings (SSSR count). The molecule has 1 aromatic rings. The van der Waals surface area contributed by atoms with Crippen molar-refractivity contribution in [3.05, 3.63) is 39.9 Å². The van der Waals surface area contributed by atoms with Crippen LogP contribution in [0, 0.1) is 10.1 Å². The van der Waals surface area contributed by atoms with Crippen LogP contribution >= 0.6 is 0 Å². The lowest BCUT2D eigenvalue weighted by molar-refractivity contribution is -0.384. The zero-order valence-electron chi connectivity index (χ0n) is 11.0. The van der Waals surface area contributed by atoms with Gasteiger partial charge >= 0.3 is 5.97 Å². The van der Waals surface area contributed by atoms with E-state index in [2.05, 4.69) is 15.3 Å². The second-order valence-electron chi connectivity index (χ2n) is 3.66. The fourth-order valence-corrected chi connectivity index (χ4v) is 1.21. The van der Waals surface area contributed by atoms with E-state index in [1.54, 1.807) is 6.92 Å². The Kier molecular flexibility index (Phi) is 5.33. The second-order valence-corrected chi connectivity index (χ2v) is 3.66. The van der Waals surface area contributed by atoms with Crippen molar-refractivity contribution in [3.63, 3.8) is 0 Å². The number of non-ortho nitro benzene ring substituents is 1. The smallest absolute Gasteiger partial charge is 0.354 e. The Hall–Kier alpha value is -2.77. The molecule has 1 aromatic carbocycles. The number of nitro benzene ring substituents is 1. The van der Waals surface area contributed by atoms with E-state index < -0.39 is 16.8 Å². The van der Waals surface area contributed by atoms with E-state index in [1.807, 2.05) is 0 Å². The quantitative estimate of drug-likeness (QED) is 0.377. The minimum Gasteiger partial charge on any atom is -0.461 e. The maximum atomic E-state index is 11.7. The standard InChI is InChI=1S/C12H13N3O5/c1-3-20-12(17)8(2)13-14-11(16)9-4-6-10(7-5-9)15(18)19/h4-7H,3H2,1-2H3,(H,14,16). The minimum absolute atomic E-state index is 0.00196. The van der Waals surface area contributed by atoms with Gasteiger partial charge in [0.1, 0.15) is 5.71 Å². The Morgan fingerprint density at radius 2 is 1.95 bits per heavy atom. The van der Waals surface area contributed by atoms with Crippen molar-refractivity contribution in [2.75, 3.05) is 6.61 Å². The molecular weight excluding hydrogens is 266 g/mol. The van der Waals surface area contributed by atoms with Gasteiger partial charge in [0.25, 0.3) is 11.6 Å². The summed E-state index contributed by atoms with van der Waals surface area (Å²) in [6, 6.07) is 5.00. The minimum atomic E-state index is -0.628. The molecular formula is C12H13N3O5. The maximum absolute atomic E-state index is 11.7. The van der Waals surface area contributed by atoms with E-state index in [1.165, 1.54) is 31.2 Å². The number of nitrogens with one attached hydrogen (secondary N) is 1. The van der Waals surface area contributed by atoms with Crippen LogP contribution in [0.1, 0.15) is 24.2 Å². The van der Waals surface area contributed by atoms with Crippen LogP contribution in [-0.4, -0.2) is 29.1 Å². The maximum Gasteiger partial charge on any atom is 0.354 e. The first-order valence-electron chi connectivity index (χ1n) is 5.72. The van der Waals surface area contributed by atoms with Gasteiger partial charge in [-0.25, -0.2) is 10.2 Å². The van der Waals surface area contributed by atoms with Crippen LogP contribution in [0.4, 0.5) is 5.69 Å². The molecule has 0 radical (unpaired) electrons. The summed E-state index contributed by atoms with van der Waals surface area (Å²) in [6.07, 6.45) is 0. The Morgan fingerprint density at radius 3 is 2.45 bits per heavy atom. The molecule has 0 saturated carbocycles. The average Bonchev–Trinajstić information content (AvgIpc) is 2.44. The van der Waals surface area contributed by atoms with Crippen LogP contribution in [0.5, 0.6) is 0 Å². The highest BCUT2D eigenvalue weighted by molar-refractivity contribution is 6.35. The van der Waals surface area contributed by atoms with Gasteiger partial charge in [0.2, 0.25) is 0 Å². The molecule has 1 amide bonds. The summed E-state index contributed by atoms with van der Waals surface area (Å²) in [5.74, 6) is -1.21. The molecule has 0 fully saturated rings. The molecule has 0 heterocycles. The van der Waals surface area contributed by atoms with Crippen molar-refractivity contribution in [1.29, 1.82) is 0 Å². The summed E-state index contributed by atoms with van der Waals surface area (Å²) < 4.78 is 4.69. The third-order valence-electron chi connectivity index (χ3n) is 2.24. The number of esters is 1. The number of carbonyl (C=O) groups excluding carboxylic acids is 2. The Morgan fingerprint density at radius 1 is 1.35 bits per heavy atom. The normalized spacial score (nSPS) is 10.8. The Labute approximate surface area is 114 Å². The van der Waals surface area contributed by atoms with E-state index in [0.29, 0.717) is 0 Å². The molecule has 0 spiro atoms. The molecule has 0 aromatic heterocycles. The SMILES string of the molecule is CCOC(=O)C(C)=NNC(=O)c1ccc([N+](=O)[O-])cc1. The first-order chi connectivity index (χ1) is 9.45. The number of amides is 1. The van der Waals surface area contributed by atoms with Gasteiger partial charge < -0.3 is 4.74 Å². The van der Waals surface area contributed by atoms with E-state index >= 15 is 0 Å². The summed E-state index contributed by atoms with van der Waals surface area (Å²) in [4.78, 5) is 32.8. The number of hydrogen-bond acceptors (Lipinski definition) is 6. The van der Waals surface area contributed by atoms with Gasteiger partial charge in [-0.05, 0) is 26.0 Å². The summed E-state index contributed by atoms with van der Waals surface area (Å²) in [7, 11) is 0. The molecule has 8 nitrogen and oxygen atoms in total. The number of ether oxygens (including phenoxy) is 1. The molecule has 1 N–H and O–H groups in total. The average molecular weight is 279 g/mol. The molecule has 106 valence electrons. The van der Waals surface area contributed by atoms with Gasteiger partial charge in [0.15, 0.2) is 0 Å². The van der Waals surface area contributed by atoms with Crippen LogP contribution in [0.3, 0.4) is 0 Å². The van der Waals surface area contributed by atoms with E-state index in [4.69, 9.17) is 0 Å². The molecule has 0 unspecified atom stereocenters. The van der Waals surface area contributed by atoms with Gasteiger partial charge in [0, 0.05) is 17.7 Å². The predicted molar refractivity (Wildman–Crippen MR) is 70.3 cm³/mol. The summed E-state index contributed by atoms with van der Waals surface area (Å²) in [5, 5.41) is 14.1. The fourth-order valence-electron chi connectivity index (χ4n) is 1.21. The van der Waals surface area contributed by atoms with Crippen molar-refractivity contribution >= 4 is 23.3 Å². The van der Waals surface area contributed by atoms with Crippen molar-refractivity contribution < 1.29 is 19.2 Å². The number of hydrogen-bond donors (Lipinski definition) is 1. The number of nitrogens with zero attached hydrogens (tertiary/aromatic N) is 2. The third-order valence-corrected chi connectivity index (χ3v) is 2.24. The highest BCUT2D eigenvalue weighted by Crippen LogP contribution is 2.11. The van der Waals surface area contributed by atoms with Gasteiger partial charge in [-0.3, -0.25) is 14.9 Å². The summed E-state index contributed by atoms with van der Waals surface area (Å²) >= 11 is 0. The van der Waals surface area contributed by atoms with Crippen LogP contribution in [0.2, 0.25) is 0 Å². The van der Waals surface area contributed by atoms with Gasteiger partial charge in [0.05, 0.1) is 11.5 Å². The molecule has 0 aliphatic carbocycles. The van der Waals surface area contributed by atoms with Crippen molar-refractivity contribution in [3.8, 4) is 0 Å². The first-order valence-corrected chi connectivity index (χ1v) is 5.72. The monoisotopic (exact) mass is 279 g/mol. The van der Waals surface area contributed by atoms with Crippen LogP contribution < -0.4 is 5.43 Å². The van der Waals surface area contributed by atoms with Crippen LogP contribution in [-0.2, 0) is 9.53 Å². The number of hydrazone groups is 1. The summed E-state index contributed by atoms with van der Waals surface area (Å²) in [5.41, 5.74) is 2.24. The highest BCUT2D eigenvalue weighted by Gasteiger charge is 2.10. The van der Waals surface area contributed by atoms with Crippen molar-refractivity contribution in [2.24, 2.45) is 5.10 Å². The molecule has 20 heavy (non-hydrogen) atoms. The zero-order chi connectivity index (χ0) is 15.1. The van der Waals surface area contributed by atoms with Gasteiger partial charge in [-0.1, -0.05) is 0 Å². The van der Waals surface area contributed by atoms with Crippen LogP contribution in [0.25, 0.3) is 0 Å². The molecule has 0 aliphatic heterocycles. The lowest BCUT2D eigenvalue weighted by atomic mass is 10.2. The topological polar surface area (TPSA) is 111 Å². The number of carbonyl (C=O) groups is 2. The molecule has 0 bridgehead atoms. The fraction of sp³-hybridized carbons (Fsp3) is 0.250. The number of nitro groups is 1. The van der Waals surface area contributed by atoms with Gasteiger partial charge in [-0.15, -0.1) is 0 Å². The lowest BCUT2D eigenvalue weighted by Gasteiger charge is -2.02. The van der Waals surface area contributed by atoms with Crippen LogP contribution in [0.15, 0.2) is 29.4 Å². The molecule has 0 saturated heterocycles. The summed E-state index contributed by atoms with van der Waals surface area (Å²) in [6.45, 7) is 3.26. The van der Waals surface area contributed by atoms with Crippen molar-refractivity contribution in [1.82, 2.24) is 5.43 Å². The lowest BCUT2D eigenvalue weighted by Crippen LogP contribution is -2.23. The molecule has 0 atom stereocenters. The zero-order valence-corrected chi connectivity index (χ0v) is 11.0. The van der Waals surface area contributed by atoms with E-state index in [-0.39, 0.29) is 23.6 Å². The molecule has 0 aliphatic rings. The number of benzene rings is 1. The third kappa shape index (κ3) is 4.16. The van der Waals surface area contributed by atoms with Gasteiger partial charge in [-0.2, -0.15) is 5.10 Å². The Bertz CT molecular complexity index is 551. The van der Waals surface area contributed by atoms with Crippen molar-refractivity contribution in [2.45, 2.75) is 13.8 Å². The number of rotatable bonds is 5. The largest absolute Gasteiger partial charge is 0.461 e. The molecule has 8 heteroatoms.